The molecule has 0 aliphatic heterocycles. The van der Waals surface area contributed by atoms with Gasteiger partial charge in [-0.1, -0.05) is 27.7 Å². The number of aromatic nitrogens is 2. The van der Waals surface area contributed by atoms with Crippen LogP contribution >= 0.6 is 0 Å². The maximum atomic E-state index is 4.70. The van der Waals surface area contributed by atoms with E-state index in [1.165, 1.54) is 24.1 Å². The first-order valence-electron chi connectivity index (χ1n) is 6.42. The van der Waals surface area contributed by atoms with Crippen LogP contribution in [0, 0.1) is 11.8 Å². The first-order valence-corrected chi connectivity index (χ1v) is 6.42. The van der Waals surface area contributed by atoms with Gasteiger partial charge in [-0.25, -0.2) is 9.97 Å². The van der Waals surface area contributed by atoms with Crippen molar-refractivity contribution in [2.45, 2.75) is 52.9 Å². The summed E-state index contributed by atoms with van der Waals surface area (Å²) in [6, 6.07) is 0. The highest BCUT2D eigenvalue weighted by Crippen LogP contribution is 2.29. The molecule has 1 atom stereocenters. The average Bonchev–Trinajstić information content (AvgIpc) is 2.27. The molecule has 1 unspecified atom stereocenters. The van der Waals surface area contributed by atoms with E-state index in [1.54, 1.807) is 0 Å². The molecule has 0 amide bonds. The molecule has 88 valence electrons. The Morgan fingerprint density at radius 2 is 2.00 bits per heavy atom. The van der Waals surface area contributed by atoms with E-state index in [0.717, 1.165) is 24.1 Å². The standard InChI is InChI=1S/C14H22N2/c1-9(2)11-5-6-13-12(7-11)8-15-14(16-13)10(3)4/h8-11H,5-7H2,1-4H3. The molecule has 0 aromatic carbocycles. The Morgan fingerprint density at radius 3 is 2.62 bits per heavy atom. The minimum absolute atomic E-state index is 0.438. The second kappa shape index (κ2) is 4.52. The second-order valence-electron chi connectivity index (χ2n) is 5.60. The molecule has 1 aromatic rings. The summed E-state index contributed by atoms with van der Waals surface area (Å²) in [4.78, 5) is 9.17. The van der Waals surface area contributed by atoms with Crippen molar-refractivity contribution >= 4 is 0 Å². The Balaban J connectivity index is 2.22. The average molecular weight is 218 g/mol. The number of fused-ring (bicyclic) bond motifs is 1. The van der Waals surface area contributed by atoms with Crippen LogP contribution in [0.25, 0.3) is 0 Å². The Hall–Kier alpha value is -0.920. The third-order valence-electron chi connectivity index (χ3n) is 3.67. The molecule has 16 heavy (non-hydrogen) atoms. The van der Waals surface area contributed by atoms with Crippen LogP contribution < -0.4 is 0 Å². The second-order valence-corrected chi connectivity index (χ2v) is 5.60. The lowest BCUT2D eigenvalue weighted by molar-refractivity contribution is 0.339. The van der Waals surface area contributed by atoms with E-state index in [-0.39, 0.29) is 0 Å². The molecule has 2 heteroatoms. The van der Waals surface area contributed by atoms with Crippen molar-refractivity contribution in [3.63, 3.8) is 0 Å². The van der Waals surface area contributed by atoms with Gasteiger partial charge < -0.3 is 0 Å². The lowest BCUT2D eigenvalue weighted by Crippen LogP contribution is -2.21. The highest BCUT2D eigenvalue weighted by atomic mass is 14.9. The van der Waals surface area contributed by atoms with Crippen LogP contribution in [0.15, 0.2) is 6.20 Å². The summed E-state index contributed by atoms with van der Waals surface area (Å²) in [5, 5.41) is 0. The van der Waals surface area contributed by atoms with Crippen molar-refractivity contribution in [1.29, 1.82) is 0 Å². The lowest BCUT2D eigenvalue weighted by Gasteiger charge is -2.26. The predicted molar refractivity (Wildman–Crippen MR) is 66.5 cm³/mol. The third kappa shape index (κ3) is 2.26. The maximum Gasteiger partial charge on any atom is 0.131 e. The van der Waals surface area contributed by atoms with Crippen molar-refractivity contribution in [3.05, 3.63) is 23.3 Å². The van der Waals surface area contributed by atoms with E-state index in [9.17, 15) is 0 Å². The van der Waals surface area contributed by atoms with Gasteiger partial charge in [0.05, 0.1) is 0 Å². The van der Waals surface area contributed by atoms with E-state index < -0.39 is 0 Å². The summed E-state index contributed by atoms with van der Waals surface area (Å²) in [7, 11) is 0. The first-order chi connectivity index (χ1) is 7.58. The van der Waals surface area contributed by atoms with E-state index >= 15 is 0 Å². The zero-order valence-electron chi connectivity index (χ0n) is 10.8. The van der Waals surface area contributed by atoms with E-state index in [1.807, 2.05) is 0 Å². The molecule has 1 aliphatic carbocycles. The number of nitrogens with zero attached hydrogens (tertiary/aromatic N) is 2. The summed E-state index contributed by atoms with van der Waals surface area (Å²) in [5.74, 6) is 3.04. The molecule has 2 nitrogen and oxygen atoms in total. The van der Waals surface area contributed by atoms with Gasteiger partial charge in [0.15, 0.2) is 0 Å². The summed E-state index contributed by atoms with van der Waals surface area (Å²) < 4.78 is 0. The number of rotatable bonds is 2. The quantitative estimate of drug-likeness (QED) is 0.760. The monoisotopic (exact) mass is 218 g/mol. The van der Waals surface area contributed by atoms with E-state index in [0.29, 0.717) is 5.92 Å². The van der Waals surface area contributed by atoms with Crippen LogP contribution in [-0.2, 0) is 12.8 Å². The van der Waals surface area contributed by atoms with Gasteiger partial charge in [0, 0.05) is 17.8 Å². The SMILES string of the molecule is CC(C)c1ncc2c(n1)CCC(C(C)C)C2. The van der Waals surface area contributed by atoms with Gasteiger partial charge in [-0.15, -0.1) is 0 Å². The first kappa shape index (κ1) is 11.6. The molecular weight excluding hydrogens is 196 g/mol. The Labute approximate surface area is 98.5 Å². The fourth-order valence-electron chi connectivity index (χ4n) is 2.40. The molecule has 0 radical (unpaired) electrons. The zero-order valence-corrected chi connectivity index (χ0v) is 10.8. The van der Waals surface area contributed by atoms with Crippen LogP contribution in [0.3, 0.4) is 0 Å². The van der Waals surface area contributed by atoms with Gasteiger partial charge in [-0.3, -0.25) is 0 Å². The van der Waals surface area contributed by atoms with Crippen LogP contribution in [0.4, 0.5) is 0 Å². The van der Waals surface area contributed by atoms with Gasteiger partial charge >= 0.3 is 0 Å². The maximum absolute atomic E-state index is 4.70. The minimum atomic E-state index is 0.438. The molecule has 0 saturated carbocycles. The molecule has 0 N–H and O–H groups in total. The minimum Gasteiger partial charge on any atom is -0.241 e. The summed E-state index contributed by atoms with van der Waals surface area (Å²) >= 11 is 0. The molecule has 1 aliphatic rings. The molecule has 0 bridgehead atoms. The molecule has 0 spiro atoms. The van der Waals surface area contributed by atoms with Crippen LogP contribution in [0.1, 0.15) is 57.1 Å². The smallest absolute Gasteiger partial charge is 0.131 e. The zero-order chi connectivity index (χ0) is 11.7. The highest BCUT2D eigenvalue weighted by molar-refractivity contribution is 5.22. The third-order valence-corrected chi connectivity index (χ3v) is 3.67. The van der Waals surface area contributed by atoms with E-state index in [2.05, 4.69) is 38.9 Å². The summed E-state index contributed by atoms with van der Waals surface area (Å²) in [6.07, 6.45) is 5.66. The molecule has 1 aromatic heterocycles. The summed E-state index contributed by atoms with van der Waals surface area (Å²) in [5.41, 5.74) is 2.69. The van der Waals surface area contributed by atoms with Crippen molar-refractivity contribution in [2.24, 2.45) is 11.8 Å². The Kier molecular flexibility index (Phi) is 3.27. The van der Waals surface area contributed by atoms with Gasteiger partial charge in [0.25, 0.3) is 0 Å². The molecule has 0 saturated heterocycles. The largest absolute Gasteiger partial charge is 0.241 e. The van der Waals surface area contributed by atoms with Crippen LogP contribution in [0.2, 0.25) is 0 Å². The fourth-order valence-corrected chi connectivity index (χ4v) is 2.40. The van der Waals surface area contributed by atoms with Crippen molar-refractivity contribution < 1.29 is 0 Å². The predicted octanol–water partition coefficient (Wildman–Crippen LogP) is 3.36. The number of hydrogen-bond donors (Lipinski definition) is 0. The Bertz CT molecular complexity index is 369. The van der Waals surface area contributed by atoms with Gasteiger partial charge in [-0.2, -0.15) is 0 Å². The molecular formula is C14H22N2. The number of aryl methyl sites for hydroxylation is 1. The fraction of sp³-hybridized carbons (Fsp3) is 0.714. The van der Waals surface area contributed by atoms with Gasteiger partial charge in [0.2, 0.25) is 0 Å². The number of hydrogen-bond acceptors (Lipinski definition) is 2. The lowest BCUT2D eigenvalue weighted by atomic mass is 9.80. The molecule has 2 rings (SSSR count). The highest BCUT2D eigenvalue weighted by Gasteiger charge is 2.22. The van der Waals surface area contributed by atoms with Crippen molar-refractivity contribution in [1.82, 2.24) is 9.97 Å². The van der Waals surface area contributed by atoms with Crippen LogP contribution in [-0.4, -0.2) is 9.97 Å². The van der Waals surface area contributed by atoms with Crippen molar-refractivity contribution in [3.8, 4) is 0 Å². The van der Waals surface area contributed by atoms with Gasteiger partial charge in [0.1, 0.15) is 5.82 Å². The molecule has 0 fully saturated rings. The molecule has 1 heterocycles. The normalized spacial score (nSPS) is 20.2. The Morgan fingerprint density at radius 1 is 1.25 bits per heavy atom. The summed E-state index contributed by atoms with van der Waals surface area (Å²) in [6.45, 7) is 8.95. The van der Waals surface area contributed by atoms with Gasteiger partial charge in [-0.05, 0) is 36.7 Å². The topological polar surface area (TPSA) is 25.8 Å². The van der Waals surface area contributed by atoms with Crippen LogP contribution in [0.5, 0.6) is 0 Å². The van der Waals surface area contributed by atoms with E-state index in [4.69, 9.17) is 4.98 Å². The van der Waals surface area contributed by atoms with Crippen molar-refractivity contribution in [2.75, 3.05) is 0 Å².